The van der Waals surface area contributed by atoms with Gasteiger partial charge in [-0.1, -0.05) is 26.2 Å². The average Bonchev–Trinajstić information content (AvgIpc) is 2.34. The van der Waals surface area contributed by atoms with Crippen LogP contribution in [0.5, 0.6) is 0 Å². The second kappa shape index (κ2) is 5.94. The monoisotopic (exact) mass is 169 g/mol. The normalized spacial score (nSPS) is 14.7. The molecule has 0 heterocycles. The number of unbranched alkanes of at least 4 members (excludes halogenated alkanes) is 1. The Hall–Kier alpha value is 0.194. The van der Waals surface area contributed by atoms with Crippen molar-refractivity contribution in [3.63, 3.8) is 0 Å². The van der Waals surface area contributed by atoms with Crippen molar-refractivity contribution in [2.24, 2.45) is 0 Å². The fraction of sp³-hybridized carbons (Fsp3) is 0.556. The van der Waals surface area contributed by atoms with Gasteiger partial charge in [-0.25, -0.2) is 11.6 Å². The molecule has 0 fully saturated rings. The predicted molar refractivity (Wildman–Crippen MR) is 40.0 cm³/mol. The summed E-state index contributed by atoms with van der Waals surface area (Å²) in [7, 11) is 0. The number of rotatable bonds is 3. The van der Waals surface area contributed by atoms with E-state index < -0.39 is 0 Å². The predicted octanol–water partition coefficient (Wildman–Crippen LogP) is 2.86. The average molecular weight is 169 g/mol. The van der Waals surface area contributed by atoms with Gasteiger partial charge in [0.05, 0.1) is 0 Å². The number of hydrogen-bond donors (Lipinski definition) is 0. The largest absolute Gasteiger partial charge is 2.00 e. The number of allylic oxidation sites excluding steroid dienone is 4. The van der Waals surface area contributed by atoms with Gasteiger partial charge in [-0.05, 0) is 0 Å². The standard InChI is InChI=1S/C9H13.Ti/c1-2-3-6-9-7-4-5-8-9;/h4,7H,2-3,5-6H2,1H3;/q-1;+2. The second-order valence-corrected chi connectivity index (χ2v) is 2.41. The Bertz CT molecular complexity index is 134. The summed E-state index contributed by atoms with van der Waals surface area (Å²) in [6, 6.07) is 0. The summed E-state index contributed by atoms with van der Waals surface area (Å²) in [4.78, 5) is 0. The van der Waals surface area contributed by atoms with E-state index in [2.05, 4.69) is 25.2 Å². The minimum absolute atomic E-state index is 0. The Kier molecular flexibility index (Phi) is 6.06. The Morgan fingerprint density at radius 3 is 2.90 bits per heavy atom. The first-order valence-corrected chi connectivity index (χ1v) is 3.69. The van der Waals surface area contributed by atoms with Crippen LogP contribution in [0.25, 0.3) is 0 Å². The van der Waals surface area contributed by atoms with Crippen molar-refractivity contribution in [1.82, 2.24) is 0 Å². The SMILES string of the molecule is CCCCC1=[C-]CC=C1.[Ti+2]. The van der Waals surface area contributed by atoms with Gasteiger partial charge >= 0.3 is 21.7 Å². The molecule has 0 N–H and O–H groups in total. The van der Waals surface area contributed by atoms with Crippen LogP contribution >= 0.6 is 0 Å². The summed E-state index contributed by atoms with van der Waals surface area (Å²) >= 11 is 0. The molecule has 0 nitrogen and oxygen atoms in total. The fourth-order valence-electron chi connectivity index (χ4n) is 0.989. The molecule has 0 atom stereocenters. The molecule has 0 radical (unpaired) electrons. The zero-order valence-electron chi connectivity index (χ0n) is 6.48. The summed E-state index contributed by atoms with van der Waals surface area (Å²) in [5, 5.41) is 0. The van der Waals surface area contributed by atoms with Gasteiger partial charge in [0.2, 0.25) is 0 Å². The minimum atomic E-state index is 0. The van der Waals surface area contributed by atoms with Crippen molar-refractivity contribution in [3.8, 4) is 0 Å². The molecule has 10 heavy (non-hydrogen) atoms. The zero-order valence-corrected chi connectivity index (χ0v) is 8.04. The van der Waals surface area contributed by atoms with Gasteiger partial charge in [0.15, 0.2) is 0 Å². The van der Waals surface area contributed by atoms with Gasteiger partial charge in [0.1, 0.15) is 0 Å². The maximum absolute atomic E-state index is 3.30. The summed E-state index contributed by atoms with van der Waals surface area (Å²) < 4.78 is 0. The molecule has 1 rings (SSSR count). The maximum Gasteiger partial charge on any atom is 2.00 e. The van der Waals surface area contributed by atoms with E-state index >= 15 is 0 Å². The van der Waals surface area contributed by atoms with Crippen LogP contribution in [-0.2, 0) is 21.7 Å². The summed E-state index contributed by atoms with van der Waals surface area (Å²) in [5.41, 5.74) is 1.41. The Labute approximate surface area is 78.3 Å². The van der Waals surface area contributed by atoms with E-state index in [1.807, 2.05) is 0 Å². The van der Waals surface area contributed by atoms with Gasteiger partial charge < -0.3 is 0 Å². The van der Waals surface area contributed by atoms with Crippen LogP contribution in [-0.4, -0.2) is 0 Å². The second-order valence-electron chi connectivity index (χ2n) is 2.41. The molecular formula is C9H13Ti+. The fourth-order valence-corrected chi connectivity index (χ4v) is 0.989. The zero-order chi connectivity index (χ0) is 6.53. The summed E-state index contributed by atoms with van der Waals surface area (Å²) in [5.74, 6) is 0. The Balaban J connectivity index is 0.000000810. The van der Waals surface area contributed by atoms with Crippen LogP contribution in [0, 0.1) is 6.08 Å². The topological polar surface area (TPSA) is 0 Å². The molecule has 1 aliphatic carbocycles. The molecule has 0 aromatic heterocycles. The maximum atomic E-state index is 3.30. The van der Waals surface area contributed by atoms with E-state index in [1.165, 1.54) is 24.8 Å². The molecule has 0 amide bonds. The van der Waals surface area contributed by atoms with E-state index in [4.69, 9.17) is 0 Å². The molecule has 52 valence electrons. The smallest absolute Gasteiger partial charge is 0.269 e. The van der Waals surface area contributed by atoms with Crippen molar-refractivity contribution in [3.05, 3.63) is 23.8 Å². The third-order valence-corrected chi connectivity index (χ3v) is 1.57. The molecule has 1 aliphatic rings. The van der Waals surface area contributed by atoms with Gasteiger partial charge in [-0.2, -0.15) is 6.08 Å². The minimum Gasteiger partial charge on any atom is -0.269 e. The quantitative estimate of drug-likeness (QED) is 0.450. The van der Waals surface area contributed by atoms with Crippen molar-refractivity contribution in [2.75, 3.05) is 0 Å². The molecule has 0 aromatic rings. The van der Waals surface area contributed by atoms with Crippen molar-refractivity contribution >= 4 is 0 Å². The van der Waals surface area contributed by atoms with Crippen molar-refractivity contribution in [1.29, 1.82) is 0 Å². The molecule has 0 bridgehead atoms. The third kappa shape index (κ3) is 3.38. The molecule has 0 aromatic carbocycles. The van der Waals surface area contributed by atoms with Crippen LogP contribution < -0.4 is 0 Å². The summed E-state index contributed by atoms with van der Waals surface area (Å²) in [6.07, 6.45) is 12.5. The number of hydrogen-bond acceptors (Lipinski definition) is 0. The van der Waals surface area contributed by atoms with Gasteiger partial charge in [0.25, 0.3) is 0 Å². The van der Waals surface area contributed by atoms with Gasteiger partial charge in [-0.3, -0.25) is 6.08 Å². The summed E-state index contributed by atoms with van der Waals surface area (Å²) in [6.45, 7) is 2.22. The first-order valence-electron chi connectivity index (χ1n) is 3.69. The van der Waals surface area contributed by atoms with E-state index in [0.717, 1.165) is 6.42 Å². The molecule has 0 spiro atoms. The third-order valence-electron chi connectivity index (χ3n) is 1.57. The van der Waals surface area contributed by atoms with Gasteiger partial charge in [-0.15, -0.1) is 6.42 Å². The van der Waals surface area contributed by atoms with E-state index in [0.29, 0.717) is 0 Å². The van der Waals surface area contributed by atoms with E-state index in [9.17, 15) is 0 Å². The van der Waals surface area contributed by atoms with Crippen LogP contribution in [0.1, 0.15) is 32.6 Å². The Morgan fingerprint density at radius 2 is 2.40 bits per heavy atom. The molecule has 1 heteroatoms. The van der Waals surface area contributed by atoms with Crippen LogP contribution in [0.4, 0.5) is 0 Å². The molecular weight excluding hydrogens is 156 g/mol. The Morgan fingerprint density at radius 1 is 1.60 bits per heavy atom. The van der Waals surface area contributed by atoms with Crippen LogP contribution in [0.3, 0.4) is 0 Å². The first kappa shape index (κ1) is 10.2. The van der Waals surface area contributed by atoms with Gasteiger partial charge in [0, 0.05) is 0 Å². The first-order chi connectivity index (χ1) is 4.43. The van der Waals surface area contributed by atoms with Crippen LogP contribution in [0.15, 0.2) is 17.7 Å². The molecule has 0 saturated carbocycles. The molecule has 0 aliphatic heterocycles. The van der Waals surface area contributed by atoms with Crippen molar-refractivity contribution in [2.45, 2.75) is 32.6 Å². The molecule has 0 unspecified atom stereocenters. The van der Waals surface area contributed by atoms with Crippen molar-refractivity contribution < 1.29 is 21.7 Å². The van der Waals surface area contributed by atoms with Crippen LogP contribution in [0.2, 0.25) is 0 Å². The van der Waals surface area contributed by atoms with E-state index in [1.54, 1.807) is 0 Å². The van der Waals surface area contributed by atoms with E-state index in [-0.39, 0.29) is 21.7 Å². The molecule has 0 saturated heterocycles.